The van der Waals surface area contributed by atoms with E-state index in [0.29, 0.717) is 79.5 Å². The van der Waals surface area contributed by atoms with Crippen LogP contribution in [0.15, 0.2) is 30.3 Å². The van der Waals surface area contributed by atoms with Crippen LogP contribution in [0.3, 0.4) is 0 Å². The molecular weight excluding hydrogens is 492 g/mol. The Bertz CT molecular complexity index is 1190. The molecule has 3 heterocycles. The highest BCUT2D eigenvalue weighted by molar-refractivity contribution is 5.78. The molecule has 2 aliphatic rings. The number of para-hydroxylation sites is 2. The van der Waals surface area contributed by atoms with E-state index < -0.39 is 6.43 Å². The van der Waals surface area contributed by atoms with Crippen LogP contribution >= 0.6 is 0 Å². The maximum atomic E-state index is 14.1. The van der Waals surface area contributed by atoms with Gasteiger partial charge in [0, 0.05) is 44.9 Å². The average molecular weight is 530 g/mol. The second-order valence-electron chi connectivity index (χ2n) is 10.2. The lowest BCUT2D eigenvalue weighted by molar-refractivity contribution is 0.122. The Morgan fingerprint density at radius 3 is 2.53 bits per heavy atom. The molecule has 5 rings (SSSR count). The van der Waals surface area contributed by atoms with E-state index in [9.17, 15) is 8.78 Å². The molecule has 206 valence electrons. The van der Waals surface area contributed by atoms with Crippen molar-refractivity contribution in [3.63, 3.8) is 0 Å². The van der Waals surface area contributed by atoms with Crippen LogP contribution in [0.4, 0.5) is 20.5 Å². The van der Waals surface area contributed by atoms with Crippen molar-refractivity contribution in [3.8, 4) is 5.82 Å². The quantitative estimate of drug-likeness (QED) is 0.404. The Hall–Kier alpha value is -2.89. The molecule has 2 N–H and O–H groups in total. The molecule has 1 saturated carbocycles. The van der Waals surface area contributed by atoms with E-state index in [1.54, 1.807) is 31.4 Å². The number of hydrogen-bond acceptors (Lipinski definition) is 8. The third kappa shape index (κ3) is 6.22. The molecule has 0 radical (unpaired) electrons. The number of benzene rings is 1. The fraction of sp³-hybridized carbons (Fsp3) is 0.593. The number of rotatable bonds is 10. The summed E-state index contributed by atoms with van der Waals surface area (Å²) in [5, 5.41) is 7.08. The van der Waals surface area contributed by atoms with Gasteiger partial charge in [0.1, 0.15) is 11.6 Å². The first-order valence-corrected chi connectivity index (χ1v) is 13.5. The van der Waals surface area contributed by atoms with Gasteiger partial charge in [0.25, 0.3) is 6.43 Å². The number of nitrogens with zero attached hydrogens (tertiary/aromatic N) is 5. The van der Waals surface area contributed by atoms with Crippen molar-refractivity contribution in [1.29, 1.82) is 0 Å². The molecule has 9 nitrogen and oxygen atoms in total. The molecular formula is C27H37F2N7O2. The second-order valence-corrected chi connectivity index (χ2v) is 10.2. The maximum absolute atomic E-state index is 14.1. The molecule has 1 aliphatic heterocycles. The molecule has 2 fully saturated rings. The lowest BCUT2D eigenvalue weighted by atomic mass is 9.85. The van der Waals surface area contributed by atoms with E-state index in [2.05, 4.69) is 27.4 Å². The monoisotopic (exact) mass is 529 g/mol. The van der Waals surface area contributed by atoms with Gasteiger partial charge in [-0.05, 0) is 50.7 Å². The van der Waals surface area contributed by atoms with Crippen molar-refractivity contribution >= 4 is 22.8 Å². The van der Waals surface area contributed by atoms with Gasteiger partial charge in [0.15, 0.2) is 5.82 Å². The third-order valence-electron chi connectivity index (χ3n) is 7.38. The molecule has 1 aromatic carbocycles. The molecule has 0 amide bonds. The standard InChI is InChI=1S/C27H37F2N7O2/c1-18(17-37-2)31-20-9-7-19(8-10-20)16-30-27-33-23(35-11-13-38-14-12-35)15-24(34-27)36-22-6-4-3-5-21(22)32-26(36)25(28)29/h3-6,15,18-20,25,31H,7-14,16-17H2,1-2H3,(H,30,33,34). The summed E-state index contributed by atoms with van der Waals surface area (Å²) in [7, 11) is 1.73. The number of aromatic nitrogens is 4. The SMILES string of the molecule is COCC(C)NC1CCC(CNc2nc(N3CCOCC3)cc(-n3c(C(F)F)nc4ccccc43)n2)CC1. The van der Waals surface area contributed by atoms with Gasteiger partial charge < -0.3 is 25.0 Å². The Morgan fingerprint density at radius 1 is 1.05 bits per heavy atom. The Balaban J connectivity index is 1.36. The Labute approximate surface area is 221 Å². The number of morpholine rings is 1. The van der Waals surface area contributed by atoms with Gasteiger partial charge >= 0.3 is 0 Å². The fourth-order valence-electron chi connectivity index (χ4n) is 5.47. The lowest BCUT2D eigenvalue weighted by Crippen LogP contribution is -2.41. The van der Waals surface area contributed by atoms with E-state index in [-0.39, 0.29) is 5.82 Å². The fourth-order valence-corrected chi connectivity index (χ4v) is 5.47. The van der Waals surface area contributed by atoms with E-state index in [0.717, 1.165) is 32.2 Å². The number of ether oxygens (including phenoxy) is 2. The summed E-state index contributed by atoms with van der Waals surface area (Å²) >= 11 is 0. The predicted octanol–water partition coefficient (Wildman–Crippen LogP) is 4.18. The van der Waals surface area contributed by atoms with Crippen LogP contribution in [0.25, 0.3) is 16.9 Å². The summed E-state index contributed by atoms with van der Waals surface area (Å²) in [6.07, 6.45) is 1.68. The van der Waals surface area contributed by atoms with Crippen LogP contribution < -0.4 is 15.5 Å². The summed E-state index contributed by atoms with van der Waals surface area (Å²) in [5.41, 5.74) is 1.10. The normalized spacial score (nSPS) is 21.2. The number of hydrogen-bond donors (Lipinski definition) is 2. The van der Waals surface area contributed by atoms with Crippen LogP contribution in [-0.4, -0.2) is 78.2 Å². The summed E-state index contributed by atoms with van der Waals surface area (Å²) in [5.74, 6) is 1.69. The van der Waals surface area contributed by atoms with Crippen molar-refractivity contribution in [3.05, 3.63) is 36.2 Å². The van der Waals surface area contributed by atoms with Gasteiger partial charge in [-0.2, -0.15) is 9.97 Å². The van der Waals surface area contributed by atoms with Crippen molar-refractivity contribution in [1.82, 2.24) is 24.8 Å². The minimum absolute atomic E-state index is 0.322. The van der Waals surface area contributed by atoms with E-state index in [1.807, 2.05) is 6.07 Å². The third-order valence-corrected chi connectivity index (χ3v) is 7.38. The smallest absolute Gasteiger partial charge is 0.296 e. The average Bonchev–Trinajstić information content (AvgIpc) is 3.33. The maximum Gasteiger partial charge on any atom is 0.296 e. The number of methoxy groups -OCH3 is 1. The van der Waals surface area contributed by atoms with Crippen LogP contribution in [0.2, 0.25) is 0 Å². The van der Waals surface area contributed by atoms with Crippen LogP contribution in [0.1, 0.15) is 44.9 Å². The van der Waals surface area contributed by atoms with Crippen molar-refractivity contribution < 1.29 is 18.3 Å². The number of imidazole rings is 1. The van der Waals surface area contributed by atoms with Crippen LogP contribution in [-0.2, 0) is 9.47 Å². The molecule has 1 unspecified atom stereocenters. The minimum atomic E-state index is -2.74. The minimum Gasteiger partial charge on any atom is -0.383 e. The number of fused-ring (bicyclic) bond motifs is 1. The molecule has 11 heteroatoms. The lowest BCUT2D eigenvalue weighted by Gasteiger charge is -2.31. The van der Waals surface area contributed by atoms with E-state index in [1.165, 1.54) is 4.57 Å². The van der Waals surface area contributed by atoms with E-state index in [4.69, 9.17) is 19.4 Å². The largest absolute Gasteiger partial charge is 0.383 e. The van der Waals surface area contributed by atoms with E-state index >= 15 is 0 Å². The number of anilines is 2. The molecule has 2 aromatic heterocycles. The van der Waals surface area contributed by atoms with Crippen LogP contribution in [0, 0.1) is 5.92 Å². The first-order valence-electron chi connectivity index (χ1n) is 13.5. The molecule has 0 spiro atoms. The van der Waals surface area contributed by atoms with Gasteiger partial charge in [0.05, 0.1) is 30.9 Å². The summed E-state index contributed by atoms with van der Waals surface area (Å²) < 4.78 is 40.3. The molecule has 0 bridgehead atoms. The van der Waals surface area contributed by atoms with Crippen molar-refractivity contribution in [2.75, 3.05) is 56.8 Å². The number of nitrogens with one attached hydrogen (secondary N) is 2. The molecule has 1 atom stereocenters. The van der Waals surface area contributed by atoms with Gasteiger partial charge in [-0.3, -0.25) is 4.57 Å². The highest BCUT2D eigenvalue weighted by Gasteiger charge is 2.25. The first kappa shape index (κ1) is 26.7. The number of alkyl halides is 2. The summed E-state index contributed by atoms with van der Waals surface area (Å²) in [6.45, 7) is 6.15. The summed E-state index contributed by atoms with van der Waals surface area (Å²) in [6, 6.07) is 9.76. The zero-order chi connectivity index (χ0) is 26.5. The Kier molecular flexibility index (Phi) is 8.65. The molecule has 1 saturated heterocycles. The summed E-state index contributed by atoms with van der Waals surface area (Å²) in [4.78, 5) is 15.8. The van der Waals surface area contributed by atoms with Crippen molar-refractivity contribution in [2.45, 2.75) is 51.1 Å². The molecule has 3 aromatic rings. The van der Waals surface area contributed by atoms with Gasteiger partial charge in [-0.1, -0.05) is 12.1 Å². The predicted molar refractivity (Wildman–Crippen MR) is 143 cm³/mol. The highest BCUT2D eigenvalue weighted by Crippen LogP contribution is 2.30. The van der Waals surface area contributed by atoms with Gasteiger partial charge in [-0.15, -0.1) is 0 Å². The highest BCUT2D eigenvalue weighted by atomic mass is 19.3. The van der Waals surface area contributed by atoms with Gasteiger partial charge in [0.2, 0.25) is 5.95 Å². The first-order chi connectivity index (χ1) is 18.5. The second kappa shape index (κ2) is 12.3. The van der Waals surface area contributed by atoms with Gasteiger partial charge in [-0.25, -0.2) is 13.8 Å². The topological polar surface area (TPSA) is 89.4 Å². The van der Waals surface area contributed by atoms with Crippen LogP contribution in [0.5, 0.6) is 0 Å². The zero-order valence-electron chi connectivity index (χ0n) is 22.1. The zero-order valence-corrected chi connectivity index (χ0v) is 22.1. The number of halogens is 2. The molecule has 38 heavy (non-hydrogen) atoms. The Morgan fingerprint density at radius 2 is 1.79 bits per heavy atom. The van der Waals surface area contributed by atoms with Crippen molar-refractivity contribution in [2.24, 2.45) is 5.92 Å². The molecule has 1 aliphatic carbocycles.